The van der Waals surface area contributed by atoms with E-state index in [-0.39, 0.29) is 5.82 Å². The predicted octanol–water partition coefficient (Wildman–Crippen LogP) is 3.57. The number of fused-ring (bicyclic) bond motifs is 1. The van der Waals surface area contributed by atoms with Crippen LogP contribution in [0, 0.1) is 28.5 Å². The number of aromatic nitrogens is 1. The van der Waals surface area contributed by atoms with Crippen LogP contribution >= 0.6 is 0 Å². The maximum atomic E-state index is 13.9. The molecule has 0 saturated carbocycles. The van der Waals surface area contributed by atoms with E-state index >= 15 is 0 Å². The zero-order chi connectivity index (χ0) is 14.8. The fourth-order valence-electron chi connectivity index (χ4n) is 2.34. The molecule has 0 fully saturated rings. The zero-order valence-electron chi connectivity index (χ0n) is 11.0. The zero-order valence-corrected chi connectivity index (χ0v) is 11.0. The van der Waals surface area contributed by atoms with Gasteiger partial charge in [0, 0.05) is 17.3 Å². The summed E-state index contributed by atoms with van der Waals surface area (Å²) in [6.07, 6.45) is 1.85. The Balaban J connectivity index is 2.06. The maximum Gasteiger partial charge on any atom is 0.128 e. The highest BCUT2D eigenvalue weighted by atomic mass is 19.1. The molecule has 0 N–H and O–H groups in total. The number of nitriles is 2. The van der Waals surface area contributed by atoms with E-state index in [9.17, 15) is 4.39 Å². The van der Waals surface area contributed by atoms with Crippen LogP contribution in [0.25, 0.3) is 10.9 Å². The van der Waals surface area contributed by atoms with Crippen molar-refractivity contribution in [2.24, 2.45) is 0 Å². The van der Waals surface area contributed by atoms with E-state index in [1.54, 1.807) is 18.2 Å². The summed E-state index contributed by atoms with van der Waals surface area (Å²) in [5.41, 5.74) is 2.32. The molecule has 3 aromatic rings. The van der Waals surface area contributed by atoms with Crippen molar-refractivity contribution in [3.63, 3.8) is 0 Å². The third kappa shape index (κ3) is 2.35. The number of benzene rings is 2. The Labute approximate surface area is 121 Å². The molecule has 3 nitrogen and oxygen atoms in total. The van der Waals surface area contributed by atoms with Crippen LogP contribution in [0.3, 0.4) is 0 Å². The van der Waals surface area contributed by atoms with Gasteiger partial charge in [-0.1, -0.05) is 6.07 Å². The second-order valence-corrected chi connectivity index (χ2v) is 4.75. The Morgan fingerprint density at radius 2 is 1.67 bits per heavy atom. The van der Waals surface area contributed by atoms with Crippen molar-refractivity contribution in [2.75, 3.05) is 0 Å². The van der Waals surface area contributed by atoms with Crippen LogP contribution in [0.2, 0.25) is 0 Å². The first-order chi connectivity index (χ1) is 10.2. The van der Waals surface area contributed by atoms with Gasteiger partial charge >= 0.3 is 0 Å². The summed E-state index contributed by atoms with van der Waals surface area (Å²) in [5, 5.41) is 18.9. The molecule has 0 radical (unpaired) electrons. The highest BCUT2D eigenvalue weighted by Crippen LogP contribution is 2.20. The van der Waals surface area contributed by atoms with Crippen LogP contribution in [-0.2, 0) is 6.54 Å². The van der Waals surface area contributed by atoms with E-state index in [1.165, 1.54) is 12.1 Å². The van der Waals surface area contributed by atoms with Crippen molar-refractivity contribution in [1.29, 1.82) is 10.5 Å². The Morgan fingerprint density at radius 1 is 0.952 bits per heavy atom. The molecule has 1 heterocycles. The average Bonchev–Trinajstić information content (AvgIpc) is 2.91. The molecule has 0 aliphatic heterocycles. The van der Waals surface area contributed by atoms with E-state index in [2.05, 4.69) is 6.07 Å². The molecular formula is C17H10FN3. The average molecular weight is 275 g/mol. The smallest absolute Gasteiger partial charge is 0.128 e. The quantitative estimate of drug-likeness (QED) is 0.717. The molecule has 100 valence electrons. The van der Waals surface area contributed by atoms with Crippen molar-refractivity contribution < 1.29 is 4.39 Å². The molecule has 21 heavy (non-hydrogen) atoms. The van der Waals surface area contributed by atoms with Crippen LogP contribution in [0.15, 0.2) is 48.7 Å². The Morgan fingerprint density at radius 3 is 2.43 bits per heavy atom. The Hall–Kier alpha value is -3.11. The molecular weight excluding hydrogens is 265 g/mol. The van der Waals surface area contributed by atoms with Gasteiger partial charge in [-0.3, -0.25) is 0 Å². The Kier molecular flexibility index (Phi) is 3.14. The molecule has 0 amide bonds. The lowest BCUT2D eigenvalue weighted by Crippen LogP contribution is -2.01. The molecule has 4 heteroatoms. The minimum atomic E-state index is -0.340. The van der Waals surface area contributed by atoms with Crippen molar-refractivity contribution in [1.82, 2.24) is 4.57 Å². The lowest BCUT2D eigenvalue weighted by Gasteiger charge is -2.07. The fraction of sp³-hybridized carbons (Fsp3) is 0.0588. The van der Waals surface area contributed by atoms with Gasteiger partial charge in [0.1, 0.15) is 5.82 Å². The summed E-state index contributed by atoms with van der Waals surface area (Å²) in [7, 11) is 0. The largest absolute Gasteiger partial charge is 0.343 e. The first-order valence-corrected chi connectivity index (χ1v) is 6.39. The van der Waals surface area contributed by atoms with E-state index in [1.807, 2.05) is 29.0 Å². The molecule has 0 spiro atoms. The SMILES string of the molecule is N#Cc1ccc(F)c(Cn2ccc3ccc(C#N)cc32)c1. The molecule has 0 bridgehead atoms. The summed E-state index contributed by atoms with van der Waals surface area (Å²) >= 11 is 0. The molecule has 3 rings (SSSR count). The standard InChI is InChI=1S/C17H10FN3/c18-16-4-2-12(9-19)7-15(16)11-21-6-5-14-3-1-13(10-20)8-17(14)21/h1-8H,11H2. The monoisotopic (exact) mass is 275 g/mol. The topological polar surface area (TPSA) is 52.5 Å². The second-order valence-electron chi connectivity index (χ2n) is 4.75. The van der Waals surface area contributed by atoms with Crippen molar-refractivity contribution in [2.45, 2.75) is 6.54 Å². The van der Waals surface area contributed by atoms with Gasteiger partial charge in [0.05, 0.1) is 29.8 Å². The number of nitrogens with zero attached hydrogens (tertiary/aromatic N) is 3. The van der Waals surface area contributed by atoms with E-state index < -0.39 is 0 Å². The normalized spacial score (nSPS) is 10.2. The predicted molar refractivity (Wildman–Crippen MR) is 76.9 cm³/mol. The highest BCUT2D eigenvalue weighted by Gasteiger charge is 2.07. The number of hydrogen-bond acceptors (Lipinski definition) is 2. The van der Waals surface area contributed by atoms with E-state index in [0.29, 0.717) is 23.2 Å². The first kappa shape index (κ1) is 12.9. The summed E-state index contributed by atoms with van der Waals surface area (Å²) in [5.74, 6) is -0.340. The van der Waals surface area contributed by atoms with Crippen LogP contribution < -0.4 is 0 Å². The van der Waals surface area contributed by atoms with Crippen LogP contribution in [0.4, 0.5) is 4.39 Å². The molecule has 0 aliphatic carbocycles. The van der Waals surface area contributed by atoms with Gasteiger partial charge in [-0.25, -0.2) is 4.39 Å². The van der Waals surface area contributed by atoms with Crippen LogP contribution in [0.5, 0.6) is 0 Å². The minimum absolute atomic E-state index is 0.319. The molecule has 0 aliphatic rings. The summed E-state index contributed by atoms with van der Waals surface area (Å²) < 4.78 is 15.7. The van der Waals surface area contributed by atoms with Gasteiger partial charge in [0.25, 0.3) is 0 Å². The van der Waals surface area contributed by atoms with Gasteiger partial charge in [-0.05, 0) is 41.8 Å². The van der Waals surface area contributed by atoms with Gasteiger partial charge in [-0.2, -0.15) is 10.5 Å². The third-order valence-electron chi connectivity index (χ3n) is 3.42. The van der Waals surface area contributed by atoms with Gasteiger partial charge in [-0.15, -0.1) is 0 Å². The van der Waals surface area contributed by atoms with Crippen molar-refractivity contribution in [3.05, 3.63) is 71.2 Å². The fourth-order valence-corrected chi connectivity index (χ4v) is 2.34. The minimum Gasteiger partial charge on any atom is -0.343 e. The Bertz CT molecular complexity index is 910. The number of hydrogen-bond donors (Lipinski definition) is 0. The maximum absolute atomic E-state index is 13.9. The first-order valence-electron chi connectivity index (χ1n) is 6.39. The van der Waals surface area contributed by atoms with Gasteiger partial charge < -0.3 is 4.57 Å². The third-order valence-corrected chi connectivity index (χ3v) is 3.42. The van der Waals surface area contributed by atoms with Crippen molar-refractivity contribution in [3.8, 4) is 12.1 Å². The molecule has 0 unspecified atom stereocenters. The highest BCUT2D eigenvalue weighted by molar-refractivity contribution is 5.81. The van der Waals surface area contributed by atoms with Gasteiger partial charge in [0.2, 0.25) is 0 Å². The van der Waals surface area contributed by atoms with Crippen LogP contribution in [-0.4, -0.2) is 4.57 Å². The van der Waals surface area contributed by atoms with E-state index in [0.717, 1.165) is 10.9 Å². The molecule has 1 aromatic heterocycles. The summed E-state index contributed by atoms with van der Waals surface area (Å²) in [4.78, 5) is 0. The summed E-state index contributed by atoms with van der Waals surface area (Å²) in [6, 6.07) is 15.7. The van der Waals surface area contributed by atoms with E-state index in [4.69, 9.17) is 10.5 Å². The molecule has 2 aromatic carbocycles. The number of halogens is 1. The number of rotatable bonds is 2. The molecule has 0 saturated heterocycles. The van der Waals surface area contributed by atoms with Crippen molar-refractivity contribution >= 4 is 10.9 Å². The lowest BCUT2D eigenvalue weighted by atomic mass is 10.1. The second kappa shape index (κ2) is 5.11. The lowest BCUT2D eigenvalue weighted by molar-refractivity contribution is 0.602. The molecule has 0 atom stereocenters. The summed E-state index contributed by atoms with van der Waals surface area (Å²) in [6.45, 7) is 0.319. The van der Waals surface area contributed by atoms with Crippen LogP contribution in [0.1, 0.15) is 16.7 Å². The van der Waals surface area contributed by atoms with Gasteiger partial charge in [0.15, 0.2) is 0 Å².